The molecule has 0 unspecified atom stereocenters. The summed E-state index contributed by atoms with van der Waals surface area (Å²) in [5.41, 5.74) is 0.830. The third-order valence-corrected chi connectivity index (χ3v) is 4.47. The molecule has 0 bridgehead atoms. The highest BCUT2D eigenvalue weighted by molar-refractivity contribution is 9.09. The first-order valence-corrected chi connectivity index (χ1v) is 8.54. The molecule has 0 aromatic carbocycles. The van der Waals surface area contributed by atoms with Crippen LogP contribution >= 0.6 is 27.5 Å². The monoisotopic (exact) mass is 346 g/mol. The van der Waals surface area contributed by atoms with Gasteiger partial charge in [0.2, 0.25) is 0 Å². The molecule has 0 atom stereocenters. The van der Waals surface area contributed by atoms with Gasteiger partial charge in [0.15, 0.2) is 0 Å². The van der Waals surface area contributed by atoms with E-state index in [2.05, 4.69) is 30.4 Å². The minimum atomic E-state index is 0.104. The quantitative estimate of drug-likeness (QED) is 0.777. The van der Waals surface area contributed by atoms with Gasteiger partial charge in [-0.15, -0.1) is 5.10 Å². The topological polar surface area (TPSA) is 49.3 Å². The normalized spacial score (nSPS) is 17.5. The molecule has 2 heterocycles. The summed E-state index contributed by atoms with van der Waals surface area (Å²) in [5.74, 6) is 0.104. The van der Waals surface area contributed by atoms with Crippen molar-refractivity contribution in [3.63, 3.8) is 0 Å². The Morgan fingerprint density at radius 3 is 2.95 bits per heavy atom. The molecule has 1 aliphatic heterocycles. The van der Waals surface area contributed by atoms with Crippen molar-refractivity contribution >= 4 is 33.4 Å². The first-order valence-electron chi connectivity index (χ1n) is 6.65. The van der Waals surface area contributed by atoms with Crippen LogP contribution in [-0.4, -0.2) is 63.3 Å². The van der Waals surface area contributed by atoms with Crippen LogP contribution in [0.5, 0.6) is 0 Å². The van der Waals surface area contributed by atoms with E-state index in [9.17, 15) is 4.79 Å². The average Bonchev–Trinajstić information content (AvgIpc) is 2.78. The minimum Gasteiger partial charge on any atom is -0.337 e. The third kappa shape index (κ3) is 3.73. The molecule has 0 spiro atoms. The van der Waals surface area contributed by atoms with E-state index in [0.29, 0.717) is 0 Å². The Labute approximate surface area is 126 Å². The van der Waals surface area contributed by atoms with Crippen LogP contribution in [0.25, 0.3) is 0 Å². The molecule has 1 amide bonds. The van der Waals surface area contributed by atoms with Crippen molar-refractivity contribution in [2.75, 3.05) is 38.1 Å². The lowest BCUT2D eigenvalue weighted by molar-refractivity contribution is 0.0765. The minimum absolute atomic E-state index is 0.104. The molecule has 0 saturated carbocycles. The van der Waals surface area contributed by atoms with Crippen LogP contribution in [-0.2, 0) is 6.42 Å². The van der Waals surface area contributed by atoms with E-state index in [1.807, 2.05) is 11.8 Å². The summed E-state index contributed by atoms with van der Waals surface area (Å²) in [6.45, 7) is 6.70. The van der Waals surface area contributed by atoms with Crippen LogP contribution in [0.1, 0.15) is 28.7 Å². The molecule has 5 nitrogen and oxygen atoms in total. The molecular weight excluding hydrogens is 328 g/mol. The van der Waals surface area contributed by atoms with E-state index < -0.39 is 0 Å². The number of carbonyl (C=O) groups is 1. The Hall–Kier alpha value is -0.530. The van der Waals surface area contributed by atoms with Crippen LogP contribution in [0.2, 0.25) is 0 Å². The number of rotatable bonds is 4. The molecule has 1 fully saturated rings. The van der Waals surface area contributed by atoms with Crippen LogP contribution in [0.4, 0.5) is 0 Å². The highest BCUT2D eigenvalue weighted by Crippen LogP contribution is 2.16. The van der Waals surface area contributed by atoms with Gasteiger partial charge in [0.05, 0.1) is 5.69 Å². The number of alkyl halides is 1. The van der Waals surface area contributed by atoms with Crippen molar-refractivity contribution in [2.24, 2.45) is 0 Å². The number of hydrogen-bond acceptors (Lipinski definition) is 5. The molecule has 106 valence electrons. The molecule has 1 aromatic rings. The van der Waals surface area contributed by atoms with E-state index >= 15 is 0 Å². The van der Waals surface area contributed by atoms with Gasteiger partial charge in [-0.05, 0) is 30.9 Å². The summed E-state index contributed by atoms with van der Waals surface area (Å²) >= 11 is 4.69. The summed E-state index contributed by atoms with van der Waals surface area (Å²) < 4.78 is 3.90. The lowest BCUT2D eigenvalue weighted by Crippen LogP contribution is -2.35. The average molecular weight is 347 g/mol. The lowest BCUT2D eigenvalue weighted by Gasteiger charge is -2.21. The van der Waals surface area contributed by atoms with E-state index in [0.717, 1.165) is 61.5 Å². The second kappa shape index (κ2) is 7.31. The van der Waals surface area contributed by atoms with E-state index in [4.69, 9.17) is 0 Å². The number of amides is 1. The molecule has 2 rings (SSSR count). The van der Waals surface area contributed by atoms with Crippen molar-refractivity contribution in [3.8, 4) is 0 Å². The summed E-state index contributed by atoms with van der Waals surface area (Å²) in [6.07, 6.45) is 1.80. The number of hydrogen-bond donors (Lipinski definition) is 0. The fourth-order valence-corrected chi connectivity index (χ4v) is 3.48. The molecular formula is C12H19BrN4OS. The Morgan fingerprint density at radius 1 is 1.37 bits per heavy atom. The predicted molar refractivity (Wildman–Crippen MR) is 80.0 cm³/mol. The summed E-state index contributed by atoms with van der Waals surface area (Å²) in [6, 6.07) is 0. The van der Waals surface area contributed by atoms with E-state index in [-0.39, 0.29) is 5.91 Å². The lowest BCUT2D eigenvalue weighted by atomic mass is 10.2. The van der Waals surface area contributed by atoms with E-state index in [1.165, 1.54) is 11.5 Å². The third-order valence-electron chi connectivity index (χ3n) is 3.36. The van der Waals surface area contributed by atoms with Gasteiger partial charge in [0.1, 0.15) is 4.88 Å². The van der Waals surface area contributed by atoms with Crippen LogP contribution in [0.15, 0.2) is 0 Å². The molecule has 0 N–H and O–H groups in total. The first kappa shape index (κ1) is 14.9. The summed E-state index contributed by atoms with van der Waals surface area (Å²) in [7, 11) is 0. The number of halogens is 1. The Bertz CT molecular complexity index is 426. The zero-order valence-electron chi connectivity index (χ0n) is 11.1. The Morgan fingerprint density at radius 2 is 2.21 bits per heavy atom. The smallest absolute Gasteiger partial charge is 0.267 e. The fourth-order valence-electron chi connectivity index (χ4n) is 2.26. The van der Waals surface area contributed by atoms with Gasteiger partial charge < -0.3 is 9.80 Å². The van der Waals surface area contributed by atoms with E-state index in [1.54, 1.807) is 0 Å². The number of carbonyl (C=O) groups excluding carboxylic acids is 1. The highest BCUT2D eigenvalue weighted by atomic mass is 79.9. The number of nitrogens with zero attached hydrogens (tertiary/aromatic N) is 4. The molecule has 1 aromatic heterocycles. The molecule has 0 aliphatic carbocycles. The van der Waals surface area contributed by atoms with Gasteiger partial charge in [0, 0.05) is 31.5 Å². The Kier molecular flexibility index (Phi) is 5.72. The second-order valence-electron chi connectivity index (χ2n) is 4.58. The van der Waals surface area contributed by atoms with Crippen molar-refractivity contribution in [2.45, 2.75) is 19.8 Å². The first-order chi connectivity index (χ1) is 9.26. The molecule has 19 heavy (non-hydrogen) atoms. The summed E-state index contributed by atoms with van der Waals surface area (Å²) in [5, 5.41) is 5.01. The van der Waals surface area contributed by atoms with Gasteiger partial charge in [-0.3, -0.25) is 4.79 Å². The number of aromatic nitrogens is 2. The molecule has 1 aliphatic rings. The predicted octanol–water partition coefficient (Wildman–Crippen LogP) is 1.64. The number of aryl methyl sites for hydroxylation is 1. The maximum absolute atomic E-state index is 12.5. The maximum atomic E-state index is 12.5. The molecule has 7 heteroatoms. The van der Waals surface area contributed by atoms with Gasteiger partial charge in [-0.25, -0.2) is 0 Å². The van der Waals surface area contributed by atoms with Gasteiger partial charge >= 0.3 is 0 Å². The van der Waals surface area contributed by atoms with Crippen molar-refractivity contribution in [1.29, 1.82) is 0 Å². The standard InChI is InChI=1S/C12H19BrN4OS/c1-2-10-11(19-15-14-10)12(18)17-6-3-5-16(7-4-13)8-9-17/h2-9H2,1H3. The maximum Gasteiger partial charge on any atom is 0.267 e. The molecule has 1 saturated heterocycles. The SMILES string of the molecule is CCc1nnsc1C(=O)N1CCCN(CCBr)CC1. The zero-order chi connectivity index (χ0) is 13.7. The van der Waals surface area contributed by atoms with Gasteiger partial charge in [-0.2, -0.15) is 0 Å². The largest absolute Gasteiger partial charge is 0.337 e. The van der Waals surface area contributed by atoms with Crippen LogP contribution in [0, 0.1) is 0 Å². The zero-order valence-corrected chi connectivity index (χ0v) is 13.5. The van der Waals surface area contributed by atoms with Crippen molar-refractivity contribution in [1.82, 2.24) is 19.4 Å². The fraction of sp³-hybridized carbons (Fsp3) is 0.750. The van der Waals surface area contributed by atoms with Crippen molar-refractivity contribution < 1.29 is 4.79 Å². The van der Waals surface area contributed by atoms with Gasteiger partial charge in [0.25, 0.3) is 5.91 Å². The van der Waals surface area contributed by atoms with Crippen LogP contribution < -0.4 is 0 Å². The van der Waals surface area contributed by atoms with Crippen LogP contribution in [0.3, 0.4) is 0 Å². The molecule has 0 radical (unpaired) electrons. The van der Waals surface area contributed by atoms with Crippen molar-refractivity contribution in [3.05, 3.63) is 10.6 Å². The highest BCUT2D eigenvalue weighted by Gasteiger charge is 2.23. The second-order valence-corrected chi connectivity index (χ2v) is 6.13. The van der Waals surface area contributed by atoms with Gasteiger partial charge in [-0.1, -0.05) is 27.3 Å². The Balaban J connectivity index is 2.00. The summed E-state index contributed by atoms with van der Waals surface area (Å²) in [4.78, 5) is 17.5.